The molecule has 0 fully saturated rings. The zero-order valence-corrected chi connectivity index (χ0v) is 18.4. The lowest BCUT2D eigenvalue weighted by Gasteiger charge is -2.22. The molecule has 2 heterocycles. The van der Waals surface area contributed by atoms with Gasteiger partial charge in [0.25, 0.3) is 5.91 Å². The third kappa shape index (κ3) is 6.57. The maximum Gasteiger partial charge on any atom is 0.416 e. The van der Waals surface area contributed by atoms with Crippen molar-refractivity contribution < 1.29 is 31.2 Å². The van der Waals surface area contributed by atoms with Gasteiger partial charge in [-0.1, -0.05) is 36.4 Å². The molecule has 10 heteroatoms. The summed E-state index contributed by atoms with van der Waals surface area (Å²) < 4.78 is 64.3. The van der Waals surface area contributed by atoms with E-state index in [0.29, 0.717) is 16.9 Å². The molecule has 2 aromatic carbocycles. The summed E-state index contributed by atoms with van der Waals surface area (Å²) in [6.07, 6.45) is -1.80. The lowest BCUT2D eigenvalue weighted by Crippen LogP contribution is -2.24. The molecule has 1 N–H and O–H groups in total. The number of nitrogens with one attached hydrogen (secondary N) is 1. The Morgan fingerprint density at radius 3 is 2.54 bits per heavy atom. The molecule has 2 aromatic heterocycles. The number of aromatic nitrogens is 1. The Labute approximate surface area is 198 Å². The average molecular weight is 487 g/mol. The van der Waals surface area contributed by atoms with Crippen molar-refractivity contribution in [2.45, 2.75) is 32.4 Å². The van der Waals surface area contributed by atoms with Crippen LogP contribution in [-0.4, -0.2) is 15.8 Å². The molecule has 0 saturated heterocycles. The minimum Gasteiger partial charge on any atom is -0.467 e. The summed E-state index contributed by atoms with van der Waals surface area (Å²) in [6, 6.07) is 14.5. The highest BCUT2D eigenvalue weighted by Crippen LogP contribution is 2.30. The highest BCUT2D eigenvalue weighted by Gasteiger charge is 2.30. The first kappa shape index (κ1) is 24.2. The quantitative estimate of drug-likeness (QED) is 0.313. The van der Waals surface area contributed by atoms with Crippen LogP contribution in [0, 0.1) is 5.82 Å². The summed E-state index contributed by atoms with van der Waals surface area (Å²) in [5.41, 5.74) is 0.0190. The van der Waals surface area contributed by atoms with Gasteiger partial charge in [0, 0.05) is 18.7 Å². The summed E-state index contributed by atoms with van der Waals surface area (Å²) in [7, 11) is 0. The Bertz CT molecular complexity index is 1270. The van der Waals surface area contributed by atoms with Gasteiger partial charge >= 0.3 is 6.18 Å². The van der Waals surface area contributed by atoms with Crippen LogP contribution in [0.2, 0.25) is 0 Å². The van der Waals surface area contributed by atoms with E-state index in [1.807, 2.05) is 0 Å². The molecule has 1 amide bonds. The van der Waals surface area contributed by atoms with E-state index in [-0.39, 0.29) is 37.8 Å². The minimum absolute atomic E-state index is 0.0377. The minimum atomic E-state index is -4.48. The second-order valence-electron chi connectivity index (χ2n) is 7.82. The van der Waals surface area contributed by atoms with E-state index in [1.54, 1.807) is 41.3 Å². The van der Waals surface area contributed by atoms with E-state index in [2.05, 4.69) is 10.3 Å². The van der Waals surface area contributed by atoms with Crippen LogP contribution in [0.15, 0.2) is 82.0 Å². The molecule has 0 aliphatic rings. The van der Waals surface area contributed by atoms with Crippen molar-refractivity contribution >= 4 is 5.91 Å². The van der Waals surface area contributed by atoms with Gasteiger partial charge in [-0.15, -0.1) is 0 Å². The van der Waals surface area contributed by atoms with Crippen LogP contribution in [0.1, 0.15) is 38.8 Å². The first-order chi connectivity index (χ1) is 16.8. The molecule has 0 bridgehead atoms. The normalized spacial score (nSPS) is 11.7. The molecule has 0 saturated carbocycles. The van der Waals surface area contributed by atoms with E-state index in [0.717, 1.165) is 12.1 Å². The standard InChI is InChI=1S/C25H21F4N3O3/c26-21-9-2-1-6-18(21)14-32(13-17-5-3-7-19(11-17)25(27,28)29)15-23-31-22(16-35-23)24(33)30-12-20-8-4-10-34-20/h1-11,16H,12-15H2,(H,30,33). The fraction of sp³-hybridized carbons (Fsp3) is 0.200. The molecule has 35 heavy (non-hydrogen) atoms. The second-order valence-corrected chi connectivity index (χ2v) is 7.82. The molecule has 0 aliphatic carbocycles. The van der Waals surface area contributed by atoms with Crippen molar-refractivity contribution in [2.75, 3.05) is 0 Å². The van der Waals surface area contributed by atoms with Gasteiger partial charge < -0.3 is 14.2 Å². The van der Waals surface area contributed by atoms with Crippen LogP contribution in [0.5, 0.6) is 0 Å². The molecule has 0 unspecified atom stereocenters. The predicted octanol–water partition coefficient (Wildman–Crippen LogP) is 5.56. The summed E-state index contributed by atoms with van der Waals surface area (Å²) in [5, 5.41) is 2.65. The zero-order chi connectivity index (χ0) is 24.8. The fourth-order valence-electron chi connectivity index (χ4n) is 3.49. The second kappa shape index (κ2) is 10.6. The van der Waals surface area contributed by atoms with E-state index >= 15 is 0 Å². The van der Waals surface area contributed by atoms with E-state index in [9.17, 15) is 22.4 Å². The van der Waals surface area contributed by atoms with Crippen LogP contribution in [0.25, 0.3) is 0 Å². The van der Waals surface area contributed by atoms with Gasteiger partial charge in [0.05, 0.1) is 24.9 Å². The Morgan fingerprint density at radius 1 is 0.971 bits per heavy atom. The van der Waals surface area contributed by atoms with Crippen molar-refractivity contribution in [3.05, 3.63) is 113 Å². The fourth-order valence-corrected chi connectivity index (χ4v) is 3.49. The lowest BCUT2D eigenvalue weighted by molar-refractivity contribution is -0.137. The average Bonchev–Trinajstić information content (AvgIpc) is 3.51. The van der Waals surface area contributed by atoms with Crippen molar-refractivity contribution in [2.24, 2.45) is 0 Å². The number of benzene rings is 2. The van der Waals surface area contributed by atoms with Crippen molar-refractivity contribution in [3.63, 3.8) is 0 Å². The Balaban J connectivity index is 1.50. The molecule has 182 valence electrons. The smallest absolute Gasteiger partial charge is 0.416 e. The van der Waals surface area contributed by atoms with Gasteiger partial charge in [-0.2, -0.15) is 13.2 Å². The number of carbonyl (C=O) groups is 1. The monoisotopic (exact) mass is 487 g/mol. The summed E-state index contributed by atoms with van der Waals surface area (Å²) in [4.78, 5) is 18.2. The van der Waals surface area contributed by atoms with Crippen LogP contribution >= 0.6 is 0 Å². The molecule has 0 spiro atoms. The number of carbonyl (C=O) groups excluding carboxylic acids is 1. The molecular weight excluding hydrogens is 466 g/mol. The molecule has 6 nitrogen and oxygen atoms in total. The van der Waals surface area contributed by atoms with E-state index < -0.39 is 23.5 Å². The van der Waals surface area contributed by atoms with E-state index in [4.69, 9.17) is 8.83 Å². The van der Waals surface area contributed by atoms with Crippen molar-refractivity contribution in [1.29, 1.82) is 0 Å². The Kier molecular flexibility index (Phi) is 7.31. The van der Waals surface area contributed by atoms with Gasteiger partial charge in [-0.25, -0.2) is 9.37 Å². The molecule has 4 rings (SSSR count). The number of amides is 1. The first-order valence-corrected chi connectivity index (χ1v) is 10.6. The van der Waals surface area contributed by atoms with E-state index in [1.165, 1.54) is 24.7 Å². The SMILES string of the molecule is O=C(NCc1ccco1)c1coc(CN(Cc2cccc(C(F)(F)F)c2)Cc2ccccc2F)n1. The van der Waals surface area contributed by atoms with Crippen molar-refractivity contribution in [3.8, 4) is 0 Å². The number of rotatable bonds is 9. The van der Waals surface area contributed by atoms with Crippen LogP contribution in [0.3, 0.4) is 0 Å². The number of halogens is 4. The van der Waals surface area contributed by atoms with Crippen LogP contribution in [-0.2, 0) is 32.4 Å². The van der Waals surface area contributed by atoms with Gasteiger partial charge in [-0.3, -0.25) is 9.69 Å². The predicted molar refractivity (Wildman–Crippen MR) is 117 cm³/mol. The maximum atomic E-state index is 14.3. The molecule has 4 aromatic rings. The zero-order valence-electron chi connectivity index (χ0n) is 18.4. The third-order valence-electron chi connectivity index (χ3n) is 5.16. The highest BCUT2D eigenvalue weighted by atomic mass is 19.4. The first-order valence-electron chi connectivity index (χ1n) is 10.6. The highest BCUT2D eigenvalue weighted by molar-refractivity contribution is 5.91. The number of hydrogen-bond donors (Lipinski definition) is 1. The number of furan rings is 1. The van der Waals surface area contributed by atoms with Gasteiger partial charge in [-0.05, 0) is 29.8 Å². The van der Waals surface area contributed by atoms with Gasteiger partial charge in [0.15, 0.2) is 5.69 Å². The summed E-state index contributed by atoms with van der Waals surface area (Å²) in [6.45, 7) is 0.366. The topological polar surface area (TPSA) is 71.5 Å². The number of nitrogens with zero attached hydrogens (tertiary/aromatic N) is 2. The summed E-state index contributed by atoms with van der Waals surface area (Å²) in [5.74, 6) is -0.183. The maximum absolute atomic E-state index is 14.3. The number of hydrogen-bond acceptors (Lipinski definition) is 5. The number of oxazole rings is 1. The summed E-state index contributed by atoms with van der Waals surface area (Å²) >= 11 is 0. The largest absolute Gasteiger partial charge is 0.467 e. The van der Waals surface area contributed by atoms with Crippen molar-refractivity contribution in [1.82, 2.24) is 15.2 Å². The Morgan fingerprint density at radius 2 is 1.80 bits per heavy atom. The van der Waals surface area contributed by atoms with Crippen LogP contribution in [0.4, 0.5) is 17.6 Å². The third-order valence-corrected chi connectivity index (χ3v) is 5.16. The lowest BCUT2D eigenvalue weighted by atomic mass is 10.1. The van der Waals surface area contributed by atoms with Gasteiger partial charge in [0.1, 0.15) is 17.8 Å². The molecule has 0 atom stereocenters. The Hall–Kier alpha value is -3.92. The molecule has 0 radical (unpaired) electrons. The van der Waals surface area contributed by atoms with Crippen LogP contribution < -0.4 is 5.32 Å². The number of alkyl halides is 3. The molecular formula is C25H21F4N3O3. The van der Waals surface area contributed by atoms with Gasteiger partial charge in [0.2, 0.25) is 5.89 Å². The molecule has 0 aliphatic heterocycles.